The van der Waals surface area contributed by atoms with Crippen molar-refractivity contribution >= 4 is 17.1 Å². The van der Waals surface area contributed by atoms with Gasteiger partial charge < -0.3 is 4.74 Å². The van der Waals surface area contributed by atoms with Crippen LogP contribution in [0, 0.1) is 0 Å². The van der Waals surface area contributed by atoms with E-state index in [4.69, 9.17) is 4.74 Å². The molecule has 5 heteroatoms. The summed E-state index contributed by atoms with van der Waals surface area (Å²) < 4.78 is 5.00. The van der Waals surface area contributed by atoms with Crippen molar-refractivity contribution in [2.24, 2.45) is 0 Å². The zero-order valence-corrected chi connectivity index (χ0v) is 10.1. The number of pyridine rings is 2. The monoisotopic (exact) mass is 243 g/mol. The van der Waals surface area contributed by atoms with Gasteiger partial charge in [0.05, 0.1) is 36.4 Å². The Kier molecular flexibility index (Phi) is 2.59. The first kappa shape index (κ1) is 11.0. The third-order valence-corrected chi connectivity index (χ3v) is 2.98. The van der Waals surface area contributed by atoms with Crippen molar-refractivity contribution in [2.45, 2.75) is 20.0 Å². The van der Waals surface area contributed by atoms with E-state index in [1.807, 2.05) is 18.2 Å². The second kappa shape index (κ2) is 4.25. The average molecular weight is 243 g/mol. The van der Waals surface area contributed by atoms with Gasteiger partial charge in [-0.2, -0.15) is 0 Å². The topological polar surface area (TPSA) is 55.3 Å². The Bertz CT molecular complexity index is 568. The largest absolute Gasteiger partial charge is 0.450 e. The molecule has 0 radical (unpaired) electrons. The molecule has 2 aromatic rings. The fraction of sp³-hybridized carbons (Fsp3) is 0.308. The summed E-state index contributed by atoms with van der Waals surface area (Å²) in [4.78, 5) is 22.1. The molecule has 0 spiro atoms. The quantitative estimate of drug-likeness (QED) is 0.769. The first-order valence-corrected chi connectivity index (χ1v) is 5.93. The molecule has 0 bridgehead atoms. The molecule has 0 unspecified atom stereocenters. The minimum atomic E-state index is -0.285. The highest BCUT2D eigenvalue weighted by Crippen LogP contribution is 2.24. The summed E-state index contributed by atoms with van der Waals surface area (Å²) in [5.41, 5.74) is 3.71. The van der Waals surface area contributed by atoms with Crippen molar-refractivity contribution in [2.75, 3.05) is 6.61 Å². The van der Waals surface area contributed by atoms with Gasteiger partial charge in [-0.25, -0.2) is 9.78 Å². The summed E-state index contributed by atoms with van der Waals surface area (Å²) in [6, 6.07) is 5.78. The molecule has 1 amide bonds. The Labute approximate surface area is 104 Å². The van der Waals surface area contributed by atoms with Crippen LogP contribution < -0.4 is 0 Å². The molecule has 0 aromatic carbocycles. The molecule has 3 rings (SSSR count). The SMILES string of the molecule is CCOC(=O)N1Cc2cc3ncccc3nc2C1. The predicted molar refractivity (Wildman–Crippen MR) is 65.8 cm³/mol. The number of rotatable bonds is 1. The molecule has 3 heterocycles. The van der Waals surface area contributed by atoms with Gasteiger partial charge in [-0.1, -0.05) is 0 Å². The van der Waals surface area contributed by atoms with Gasteiger partial charge in [0.15, 0.2) is 0 Å². The Morgan fingerprint density at radius 2 is 2.33 bits per heavy atom. The van der Waals surface area contributed by atoms with Crippen molar-refractivity contribution in [3.8, 4) is 0 Å². The molecule has 0 saturated carbocycles. The molecule has 5 nitrogen and oxygen atoms in total. The van der Waals surface area contributed by atoms with Crippen LogP contribution in [0.1, 0.15) is 18.2 Å². The molecule has 0 fully saturated rings. The number of carbonyl (C=O) groups excluding carboxylic acids is 1. The molecular formula is C13H13N3O2. The van der Waals surface area contributed by atoms with Crippen molar-refractivity contribution in [1.29, 1.82) is 0 Å². The molecule has 1 aliphatic heterocycles. The van der Waals surface area contributed by atoms with Crippen LogP contribution in [0.2, 0.25) is 0 Å². The predicted octanol–water partition coefficient (Wildman–Crippen LogP) is 2.10. The molecule has 18 heavy (non-hydrogen) atoms. The van der Waals surface area contributed by atoms with E-state index in [0.717, 1.165) is 22.3 Å². The minimum absolute atomic E-state index is 0.285. The van der Waals surface area contributed by atoms with Crippen LogP contribution in [0.25, 0.3) is 11.0 Å². The maximum atomic E-state index is 11.7. The number of nitrogens with zero attached hydrogens (tertiary/aromatic N) is 3. The van der Waals surface area contributed by atoms with Gasteiger partial charge in [-0.3, -0.25) is 9.88 Å². The van der Waals surface area contributed by atoms with E-state index < -0.39 is 0 Å². The van der Waals surface area contributed by atoms with Crippen LogP contribution in [0.5, 0.6) is 0 Å². The second-order valence-electron chi connectivity index (χ2n) is 4.19. The number of fused-ring (bicyclic) bond motifs is 2. The van der Waals surface area contributed by atoms with Crippen LogP contribution in [0.3, 0.4) is 0 Å². The van der Waals surface area contributed by atoms with E-state index in [1.54, 1.807) is 18.0 Å². The zero-order valence-electron chi connectivity index (χ0n) is 10.1. The summed E-state index contributed by atoms with van der Waals surface area (Å²) in [6.45, 7) is 3.26. The van der Waals surface area contributed by atoms with Crippen LogP contribution in [-0.4, -0.2) is 27.6 Å². The van der Waals surface area contributed by atoms with Crippen LogP contribution >= 0.6 is 0 Å². The first-order chi connectivity index (χ1) is 8.78. The summed E-state index contributed by atoms with van der Waals surface area (Å²) in [5.74, 6) is 0. The molecule has 1 aliphatic rings. The van der Waals surface area contributed by atoms with E-state index in [-0.39, 0.29) is 6.09 Å². The Morgan fingerprint density at radius 1 is 1.44 bits per heavy atom. The Balaban J connectivity index is 1.93. The number of aromatic nitrogens is 2. The lowest BCUT2D eigenvalue weighted by Crippen LogP contribution is -2.26. The van der Waals surface area contributed by atoms with Crippen molar-refractivity contribution in [3.63, 3.8) is 0 Å². The lowest BCUT2D eigenvalue weighted by Gasteiger charge is -2.13. The molecule has 0 N–H and O–H groups in total. The van der Waals surface area contributed by atoms with Gasteiger partial charge in [0.25, 0.3) is 0 Å². The number of hydrogen-bond acceptors (Lipinski definition) is 4. The summed E-state index contributed by atoms with van der Waals surface area (Å²) in [6.07, 6.45) is 1.46. The third-order valence-electron chi connectivity index (χ3n) is 2.98. The van der Waals surface area contributed by atoms with Crippen LogP contribution in [0.15, 0.2) is 24.4 Å². The third kappa shape index (κ3) is 1.77. The smallest absolute Gasteiger partial charge is 0.410 e. The van der Waals surface area contributed by atoms with Crippen molar-refractivity contribution in [3.05, 3.63) is 35.7 Å². The maximum Gasteiger partial charge on any atom is 0.410 e. The number of hydrogen-bond donors (Lipinski definition) is 0. The van der Waals surface area contributed by atoms with Crippen LogP contribution in [0.4, 0.5) is 4.79 Å². The highest BCUT2D eigenvalue weighted by atomic mass is 16.6. The second-order valence-corrected chi connectivity index (χ2v) is 4.19. The lowest BCUT2D eigenvalue weighted by molar-refractivity contribution is 0.106. The zero-order chi connectivity index (χ0) is 12.5. The summed E-state index contributed by atoms with van der Waals surface area (Å²) >= 11 is 0. The average Bonchev–Trinajstić information content (AvgIpc) is 2.79. The number of carbonyl (C=O) groups is 1. The van der Waals surface area contributed by atoms with Gasteiger partial charge in [-0.05, 0) is 30.7 Å². The van der Waals surface area contributed by atoms with E-state index >= 15 is 0 Å². The van der Waals surface area contributed by atoms with Gasteiger partial charge in [-0.15, -0.1) is 0 Å². The normalized spacial score (nSPS) is 13.7. The first-order valence-electron chi connectivity index (χ1n) is 5.93. The standard InChI is InChI=1S/C13H13N3O2/c1-2-18-13(17)16-7-9-6-11-10(4-3-5-14-11)15-12(9)8-16/h3-6H,2,7-8H2,1H3. The van der Waals surface area contributed by atoms with Gasteiger partial charge >= 0.3 is 6.09 Å². The van der Waals surface area contributed by atoms with E-state index in [9.17, 15) is 4.79 Å². The summed E-state index contributed by atoms with van der Waals surface area (Å²) in [5, 5.41) is 0. The molecule has 0 aliphatic carbocycles. The van der Waals surface area contributed by atoms with Gasteiger partial charge in [0.1, 0.15) is 0 Å². The van der Waals surface area contributed by atoms with Crippen molar-refractivity contribution in [1.82, 2.24) is 14.9 Å². The highest BCUT2D eigenvalue weighted by Gasteiger charge is 2.25. The van der Waals surface area contributed by atoms with Gasteiger partial charge in [0.2, 0.25) is 0 Å². The number of amides is 1. The fourth-order valence-electron chi connectivity index (χ4n) is 2.14. The summed E-state index contributed by atoms with van der Waals surface area (Å²) in [7, 11) is 0. The fourth-order valence-corrected chi connectivity index (χ4v) is 2.14. The number of ether oxygens (including phenoxy) is 1. The lowest BCUT2D eigenvalue weighted by atomic mass is 10.2. The minimum Gasteiger partial charge on any atom is -0.450 e. The van der Waals surface area contributed by atoms with E-state index in [0.29, 0.717) is 19.7 Å². The maximum absolute atomic E-state index is 11.7. The van der Waals surface area contributed by atoms with E-state index in [1.165, 1.54) is 0 Å². The molecule has 0 saturated heterocycles. The molecule has 2 aromatic heterocycles. The Hall–Kier alpha value is -2.17. The van der Waals surface area contributed by atoms with Crippen LogP contribution in [-0.2, 0) is 17.8 Å². The van der Waals surface area contributed by atoms with E-state index in [2.05, 4.69) is 9.97 Å². The van der Waals surface area contributed by atoms with Gasteiger partial charge in [0, 0.05) is 6.20 Å². The Morgan fingerprint density at radius 3 is 3.17 bits per heavy atom. The highest BCUT2D eigenvalue weighted by molar-refractivity contribution is 5.76. The molecule has 0 atom stereocenters. The molecule has 92 valence electrons. The van der Waals surface area contributed by atoms with Crippen molar-refractivity contribution < 1.29 is 9.53 Å². The molecular weight excluding hydrogens is 230 g/mol.